The van der Waals surface area contributed by atoms with Crippen LogP contribution >= 0.6 is 0 Å². The van der Waals surface area contributed by atoms with Gasteiger partial charge in [-0.05, 0) is 58.4 Å². The van der Waals surface area contributed by atoms with Gasteiger partial charge in [0.25, 0.3) is 0 Å². The zero-order valence-corrected chi connectivity index (χ0v) is 18.5. The third-order valence-electron chi connectivity index (χ3n) is 6.08. The van der Waals surface area contributed by atoms with Crippen molar-refractivity contribution < 1.29 is 17.7 Å². The minimum Gasteiger partial charge on any atom is -0.381 e. The van der Waals surface area contributed by atoms with Gasteiger partial charge in [0.05, 0.1) is 0 Å². The van der Waals surface area contributed by atoms with E-state index in [1.165, 1.54) is 6.42 Å². The summed E-state index contributed by atoms with van der Waals surface area (Å²) in [6.45, 7) is 11.8. The Morgan fingerprint density at radius 3 is 2.25 bits per heavy atom. The van der Waals surface area contributed by atoms with Crippen molar-refractivity contribution in [3.63, 3.8) is 0 Å². The summed E-state index contributed by atoms with van der Waals surface area (Å²) in [7, 11) is -3.54. The summed E-state index contributed by atoms with van der Waals surface area (Å²) in [4.78, 5) is 2.90. The second-order valence-corrected chi connectivity index (χ2v) is 10.4. The number of ether oxygens (including phenoxy) is 1. The molecular weight excluding hydrogens is 378 g/mol. The molecule has 0 N–H and O–H groups in total. The first kappa shape index (κ1) is 21.7. The molecule has 3 heterocycles. The number of rotatable bonds is 7. The molecule has 2 aliphatic rings. The first-order valence-electron chi connectivity index (χ1n) is 10.6. The molecule has 0 radical (unpaired) electrons. The first-order valence-corrected chi connectivity index (χ1v) is 12.0. The van der Waals surface area contributed by atoms with Gasteiger partial charge in [0.1, 0.15) is 10.6 Å². The smallest absolute Gasteiger partial charge is 0.248 e. The predicted molar refractivity (Wildman–Crippen MR) is 108 cm³/mol. The normalized spacial score (nSPS) is 21.1. The molecule has 2 aliphatic heterocycles. The zero-order chi connectivity index (χ0) is 20.3. The Morgan fingerprint density at radius 2 is 1.71 bits per heavy atom. The van der Waals surface area contributed by atoms with E-state index in [0.29, 0.717) is 42.5 Å². The molecular formula is C20H35N3O4S. The highest BCUT2D eigenvalue weighted by molar-refractivity contribution is 7.89. The van der Waals surface area contributed by atoms with Crippen molar-refractivity contribution in [3.8, 4) is 0 Å². The van der Waals surface area contributed by atoms with E-state index in [2.05, 4.69) is 23.9 Å². The second-order valence-electron chi connectivity index (χ2n) is 8.55. The fourth-order valence-corrected chi connectivity index (χ4v) is 6.23. The van der Waals surface area contributed by atoms with Gasteiger partial charge in [-0.1, -0.05) is 19.0 Å². The Labute approximate surface area is 169 Å². The Kier molecular flexibility index (Phi) is 7.17. The number of aryl methyl sites for hydroxylation is 2. The molecule has 7 nitrogen and oxygen atoms in total. The summed E-state index contributed by atoms with van der Waals surface area (Å²) in [5.41, 5.74) is 0.445. The first-order chi connectivity index (χ1) is 13.3. The molecule has 1 aromatic heterocycles. The van der Waals surface area contributed by atoms with Gasteiger partial charge in [-0.15, -0.1) is 0 Å². The van der Waals surface area contributed by atoms with Crippen LogP contribution in [0.15, 0.2) is 9.42 Å². The molecule has 0 aliphatic carbocycles. The molecule has 160 valence electrons. The molecule has 0 aromatic carbocycles. The van der Waals surface area contributed by atoms with E-state index in [1.54, 1.807) is 18.2 Å². The van der Waals surface area contributed by atoms with Gasteiger partial charge in [0.15, 0.2) is 5.76 Å². The maximum absolute atomic E-state index is 13.1. The predicted octanol–water partition coefficient (Wildman–Crippen LogP) is 2.97. The molecule has 8 heteroatoms. The van der Waals surface area contributed by atoms with Crippen LogP contribution in [-0.2, 0) is 14.8 Å². The topological polar surface area (TPSA) is 75.9 Å². The standard InChI is InChI=1S/C20H35N3O4S/c1-15(2)5-12-23(19-8-13-26-14-9-19)18-6-10-22(11-7-18)28(24,25)20-16(3)21-27-17(20)4/h15,18-19H,5-14H2,1-4H3. The lowest BCUT2D eigenvalue weighted by atomic mass is 9.97. The SMILES string of the molecule is Cc1noc(C)c1S(=O)(=O)N1CCC(N(CCC(C)C)C2CCOCC2)CC1. The number of nitrogens with zero attached hydrogens (tertiary/aromatic N) is 3. The quantitative estimate of drug-likeness (QED) is 0.684. The molecule has 1 aromatic rings. The van der Waals surface area contributed by atoms with Crippen LogP contribution in [0.4, 0.5) is 0 Å². The molecule has 0 bridgehead atoms. The average molecular weight is 414 g/mol. The van der Waals surface area contributed by atoms with Gasteiger partial charge in [-0.25, -0.2) is 8.42 Å². The van der Waals surface area contributed by atoms with Crippen LogP contribution in [0.3, 0.4) is 0 Å². The largest absolute Gasteiger partial charge is 0.381 e. The number of hydrogen-bond donors (Lipinski definition) is 0. The third-order valence-corrected chi connectivity index (χ3v) is 8.23. The van der Waals surface area contributed by atoms with E-state index in [9.17, 15) is 8.42 Å². The van der Waals surface area contributed by atoms with E-state index >= 15 is 0 Å². The lowest BCUT2D eigenvalue weighted by molar-refractivity contribution is 0.00495. The molecule has 0 saturated carbocycles. The van der Waals surface area contributed by atoms with Crippen LogP contribution in [0.5, 0.6) is 0 Å². The van der Waals surface area contributed by atoms with Gasteiger partial charge in [0.2, 0.25) is 10.0 Å². The van der Waals surface area contributed by atoms with Gasteiger partial charge in [-0.2, -0.15) is 4.31 Å². The fourth-order valence-electron chi connectivity index (χ4n) is 4.47. The van der Waals surface area contributed by atoms with Gasteiger partial charge < -0.3 is 9.26 Å². The van der Waals surface area contributed by atoms with Crippen molar-refractivity contribution >= 4 is 10.0 Å². The highest BCUT2D eigenvalue weighted by Gasteiger charge is 2.36. The lowest BCUT2D eigenvalue weighted by Gasteiger charge is -2.43. The molecule has 0 amide bonds. The Balaban J connectivity index is 1.67. The van der Waals surface area contributed by atoms with Crippen molar-refractivity contribution in [2.75, 3.05) is 32.8 Å². The number of hydrogen-bond acceptors (Lipinski definition) is 6. The molecule has 28 heavy (non-hydrogen) atoms. The maximum Gasteiger partial charge on any atom is 0.248 e. The van der Waals surface area contributed by atoms with E-state index < -0.39 is 10.0 Å². The van der Waals surface area contributed by atoms with E-state index in [-0.39, 0.29) is 4.90 Å². The van der Waals surface area contributed by atoms with Crippen molar-refractivity contribution in [1.29, 1.82) is 0 Å². The summed E-state index contributed by atoms with van der Waals surface area (Å²) in [6.07, 6.45) is 5.08. The van der Waals surface area contributed by atoms with Gasteiger partial charge in [-0.3, -0.25) is 4.90 Å². The molecule has 2 saturated heterocycles. The highest BCUT2D eigenvalue weighted by atomic mass is 32.2. The van der Waals surface area contributed by atoms with Crippen molar-refractivity contribution in [1.82, 2.24) is 14.4 Å². The van der Waals surface area contributed by atoms with Crippen molar-refractivity contribution in [2.45, 2.75) is 76.8 Å². The van der Waals surface area contributed by atoms with Crippen LogP contribution in [-0.4, -0.2) is 67.7 Å². The minimum atomic E-state index is -3.54. The summed E-state index contributed by atoms with van der Waals surface area (Å²) in [6, 6.07) is 1.00. The van der Waals surface area contributed by atoms with Crippen LogP contribution in [0.25, 0.3) is 0 Å². The second kappa shape index (κ2) is 9.24. The molecule has 0 atom stereocenters. The monoisotopic (exact) mass is 413 g/mol. The Bertz CT molecular complexity index is 713. The number of sulfonamides is 1. The van der Waals surface area contributed by atoms with E-state index in [1.807, 2.05) is 0 Å². The van der Waals surface area contributed by atoms with Crippen LogP contribution in [0.2, 0.25) is 0 Å². The summed E-state index contributed by atoms with van der Waals surface area (Å²) in [5, 5.41) is 3.82. The fraction of sp³-hybridized carbons (Fsp3) is 0.850. The third kappa shape index (κ3) is 4.78. The van der Waals surface area contributed by atoms with E-state index in [0.717, 1.165) is 45.4 Å². The summed E-state index contributed by atoms with van der Waals surface area (Å²) < 4.78 is 38.4. The minimum absolute atomic E-state index is 0.243. The average Bonchev–Trinajstić information content (AvgIpc) is 3.02. The zero-order valence-electron chi connectivity index (χ0n) is 17.7. The van der Waals surface area contributed by atoms with Crippen molar-refractivity contribution in [3.05, 3.63) is 11.5 Å². The molecule has 0 spiro atoms. The van der Waals surface area contributed by atoms with E-state index in [4.69, 9.17) is 9.26 Å². The summed E-state index contributed by atoms with van der Waals surface area (Å²) in [5.74, 6) is 1.04. The van der Waals surface area contributed by atoms with Crippen LogP contribution in [0.1, 0.15) is 57.4 Å². The lowest BCUT2D eigenvalue weighted by Crippen LogP contribution is -2.51. The molecule has 0 unspecified atom stereocenters. The number of piperidine rings is 1. The van der Waals surface area contributed by atoms with Gasteiger partial charge >= 0.3 is 0 Å². The van der Waals surface area contributed by atoms with Crippen molar-refractivity contribution in [2.24, 2.45) is 5.92 Å². The number of aromatic nitrogens is 1. The molecule has 2 fully saturated rings. The Hall–Kier alpha value is -0.960. The summed E-state index contributed by atoms with van der Waals surface area (Å²) >= 11 is 0. The highest BCUT2D eigenvalue weighted by Crippen LogP contribution is 2.29. The van der Waals surface area contributed by atoms with Gasteiger partial charge in [0, 0.05) is 38.4 Å². The van der Waals surface area contributed by atoms with Crippen LogP contribution < -0.4 is 0 Å². The Morgan fingerprint density at radius 1 is 1.11 bits per heavy atom. The maximum atomic E-state index is 13.1. The van der Waals surface area contributed by atoms with Crippen LogP contribution in [0, 0.1) is 19.8 Å². The molecule has 3 rings (SSSR count).